The number of rotatable bonds is 11. The van der Waals surface area contributed by atoms with Gasteiger partial charge in [-0.15, -0.1) is 0 Å². The molecule has 36 heavy (non-hydrogen) atoms. The van der Waals surface area contributed by atoms with Crippen molar-refractivity contribution in [1.82, 2.24) is 10.2 Å². The number of methoxy groups -OCH3 is 2. The molecular weight excluding hydrogens is 503 g/mol. The van der Waals surface area contributed by atoms with Crippen LogP contribution in [0.4, 0.5) is 0 Å². The Morgan fingerprint density at radius 3 is 2.03 bits per heavy atom. The number of carbonyl (C=O) groups excluding carboxylic acids is 2. The van der Waals surface area contributed by atoms with E-state index in [1.807, 2.05) is 30.3 Å². The quantitative estimate of drug-likeness (QED) is 0.386. The summed E-state index contributed by atoms with van der Waals surface area (Å²) in [5.74, 6) is 0.679. The van der Waals surface area contributed by atoms with Crippen molar-refractivity contribution < 1.29 is 23.8 Å². The van der Waals surface area contributed by atoms with Crippen LogP contribution in [0.25, 0.3) is 0 Å². The van der Waals surface area contributed by atoms with Crippen LogP contribution in [0.2, 0.25) is 10.0 Å². The van der Waals surface area contributed by atoms with Gasteiger partial charge in [-0.05, 0) is 17.7 Å². The van der Waals surface area contributed by atoms with E-state index in [1.54, 1.807) is 36.4 Å². The summed E-state index contributed by atoms with van der Waals surface area (Å²) in [6, 6.07) is 18.7. The minimum atomic E-state index is -0.833. The van der Waals surface area contributed by atoms with Gasteiger partial charge in [0, 0.05) is 53.8 Å². The lowest BCUT2D eigenvalue weighted by molar-refractivity contribution is -0.142. The fourth-order valence-electron chi connectivity index (χ4n) is 3.67. The molecule has 3 rings (SSSR count). The minimum Gasteiger partial charge on any atom is -0.496 e. The predicted molar refractivity (Wildman–Crippen MR) is 140 cm³/mol. The van der Waals surface area contributed by atoms with Gasteiger partial charge in [0.2, 0.25) is 5.91 Å². The van der Waals surface area contributed by atoms with E-state index in [4.69, 9.17) is 37.4 Å². The van der Waals surface area contributed by atoms with E-state index in [2.05, 4.69) is 5.32 Å². The Hall–Kier alpha value is -3.42. The predicted octanol–water partition coefficient (Wildman–Crippen LogP) is 4.78. The third-order valence-electron chi connectivity index (χ3n) is 5.59. The number of halogens is 2. The number of amides is 2. The molecule has 1 atom stereocenters. The summed E-state index contributed by atoms with van der Waals surface area (Å²) in [6.45, 7) is -0.312. The van der Waals surface area contributed by atoms with Gasteiger partial charge in [0.25, 0.3) is 5.91 Å². The summed E-state index contributed by atoms with van der Waals surface area (Å²) in [7, 11) is 4.58. The van der Waals surface area contributed by atoms with Crippen molar-refractivity contribution in [3.05, 3.63) is 87.9 Å². The van der Waals surface area contributed by atoms with E-state index < -0.39 is 11.9 Å². The highest BCUT2D eigenvalue weighted by Crippen LogP contribution is 2.29. The highest BCUT2D eigenvalue weighted by atomic mass is 35.5. The topological polar surface area (TPSA) is 77.1 Å². The SMILES string of the molecule is CNC(=O)C(Cc1ccccc1)N(Cc1c(Cl)cccc1Cl)C(=O)COc1cc(OC)cc(OC)c1. The number of carbonyl (C=O) groups is 2. The summed E-state index contributed by atoms with van der Waals surface area (Å²) in [5, 5.41) is 3.46. The molecule has 190 valence electrons. The van der Waals surface area contributed by atoms with E-state index >= 15 is 0 Å². The third-order valence-corrected chi connectivity index (χ3v) is 6.30. The van der Waals surface area contributed by atoms with Crippen molar-refractivity contribution in [2.24, 2.45) is 0 Å². The summed E-state index contributed by atoms with van der Waals surface area (Å²) < 4.78 is 16.3. The third kappa shape index (κ3) is 7.06. The van der Waals surface area contributed by atoms with Gasteiger partial charge in [-0.1, -0.05) is 59.6 Å². The Morgan fingerprint density at radius 1 is 0.889 bits per heavy atom. The molecular formula is C27H28Cl2N2O5. The second-order valence-electron chi connectivity index (χ2n) is 7.88. The molecule has 0 bridgehead atoms. The van der Waals surface area contributed by atoms with Crippen LogP contribution >= 0.6 is 23.2 Å². The smallest absolute Gasteiger partial charge is 0.261 e. The summed E-state index contributed by atoms with van der Waals surface area (Å²) in [6.07, 6.45) is 0.293. The Bertz CT molecular complexity index is 1150. The average Bonchev–Trinajstić information content (AvgIpc) is 2.90. The molecule has 0 saturated heterocycles. The van der Waals surface area contributed by atoms with E-state index in [-0.39, 0.29) is 19.1 Å². The highest BCUT2D eigenvalue weighted by Gasteiger charge is 2.31. The average molecular weight is 531 g/mol. The second-order valence-corrected chi connectivity index (χ2v) is 8.69. The van der Waals surface area contributed by atoms with Crippen molar-refractivity contribution in [3.8, 4) is 17.2 Å². The molecule has 0 fully saturated rings. The first-order chi connectivity index (χ1) is 17.4. The lowest BCUT2D eigenvalue weighted by atomic mass is 10.0. The molecule has 0 radical (unpaired) electrons. The Morgan fingerprint density at radius 2 is 1.47 bits per heavy atom. The van der Waals surface area contributed by atoms with Crippen molar-refractivity contribution in [3.63, 3.8) is 0 Å². The number of hydrogen-bond acceptors (Lipinski definition) is 5. The van der Waals surface area contributed by atoms with Crippen molar-refractivity contribution in [1.29, 1.82) is 0 Å². The first-order valence-corrected chi connectivity index (χ1v) is 12.0. The molecule has 0 aliphatic heterocycles. The van der Waals surface area contributed by atoms with Gasteiger partial charge in [0.15, 0.2) is 6.61 Å². The minimum absolute atomic E-state index is 0.0209. The molecule has 0 aliphatic carbocycles. The lowest BCUT2D eigenvalue weighted by Crippen LogP contribution is -2.51. The van der Waals surface area contributed by atoms with Crippen molar-refractivity contribution in [2.75, 3.05) is 27.9 Å². The number of benzene rings is 3. The molecule has 3 aromatic rings. The molecule has 0 saturated carbocycles. The maximum Gasteiger partial charge on any atom is 0.261 e. The van der Waals surface area contributed by atoms with Gasteiger partial charge in [0.05, 0.1) is 14.2 Å². The Kier molecular flexibility index (Phi) is 9.85. The van der Waals surface area contributed by atoms with Gasteiger partial charge in [-0.2, -0.15) is 0 Å². The van der Waals surface area contributed by atoms with E-state index in [0.717, 1.165) is 5.56 Å². The molecule has 0 aliphatic rings. The van der Waals surface area contributed by atoms with E-state index in [1.165, 1.54) is 26.2 Å². The van der Waals surface area contributed by atoms with Crippen LogP contribution in [-0.4, -0.2) is 50.6 Å². The van der Waals surface area contributed by atoms with Crippen molar-refractivity contribution in [2.45, 2.75) is 19.0 Å². The van der Waals surface area contributed by atoms with Crippen LogP contribution < -0.4 is 19.5 Å². The van der Waals surface area contributed by atoms with Gasteiger partial charge < -0.3 is 24.4 Å². The molecule has 2 amide bonds. The van der Waals surface area contributed by atoms with Gasteiger partial charge in [-0.25, -0.2) is 0 Å². The molecule has 7 nitrogen and oxygen atoms in total. The van der Waals surface area contributed by atoms with Crippen LogP contribution in [0.3, 0.4) is 0 Å². The van der Waals surface area contributed by atoms with Crippen LogP contribution in [0, 0.1) is 0 Å². The van der Waals surface area contributed by atoms with Gasteiger partial charge in [-0.3, -0.25) is 9.59 Å². The zero-order chi connectivity index (χ0) is 26.1. The monoisotopic (exact) mass is 530 g/mol. The normalized spacial score (nSPS) is 11.4. The zero-order valence-corrected chi connectivity index (χ0v) is 21.8. The van der Waals surface area contributed by atoms with E-state index in [0.29, 0.717) is 39.3 Å². The van der Waals surface area contributed by atoms with Crippen molar-refractivity contribution >= 4 is 35.0 Å². The molecule has 9 heteroatoms. The maximum atomic E-state index is 13.6. The number of ether oxygens (including phenoxy) is 3. The summed E-state index contributed by atoms with van der Waals surface area (Å²) in [4.78, 5) is 28.0. The number of likely N-dealkylation sites (N-methyl/N-ethyl adjacent to an activating group) is 1. The molecule has 0 heterocycles. The zero-order valence-electron chi connectivity index (χ0n) is 20.3. The Balaban J connectivity index is 1.93. The second kappa shape index (κ2) is 13.0. The number of nitrogens with one attached hydrogen (secondary N) is 1. The molecule has 3 aromatic carbocycles. The van der Waals surface area contributed by atoms with Gasteiger partial charge >= 0.3 is 0 Å². The molecule has 1 N–H and O–H groups in total. The number of nitrogens with zero attached hydrogens (tertiary/aromatic N) is 1. The maximum absolute atomic E-state index is 13.6. The Labute approximate surface area is 220 Å². The first-order valence-electron chi connectivity index (χ1n) is 11.2. The standard InChI is InChI=1S/C27H28Cl2N2O5/c1-30-27(33)25(12-18-8-5-4-6-9-18)31(16-22-23(28)10-7-11-24(22)29)26(32)17-36-21-14-19(34-2)13-20(15-21)35-3/h4-11,13-15,25H,12,16-17H2,1-3H3,(H,30,33). The fourth-order valence-corrected chi connectivity index (χ4v) is 4.18. The highest BCUT2D eigenvalue weighted by molar-refractivity contribution is 6.36. The van der Waals surface area contributed by atoms with Gasteiger partial charge in [0.1, 0.15) is 23.3 Å². The van der Waals surface area contributed by atoms with E-state index in [9.17, 15) is 9.59 Å². The van der Waals surface area contributed by atoms with Crippen LogP contribution in [0.5, 0.6) is 17.2 Å². The summed E-state index contributed by atoms with van der Waals surface area (Å²) in [5.41, 5.74) is 1.44. The molecule has 0 spiro atoms. The van der Waals surface area contributed by atoms with Crippen LogP contribution in [0.1, 0.15) is 11.1 Å². The van der Waals surface area contributed by atoms with Crippen LogP contribution in [-0.2, 0) is 22.6 Å². The fraction of sp³-hybridized carbons (Fsp3) is 0.259. The van der Waals surface area contributed by atoms with Crippen LogP contribution in [0.15, 0.2) is 66.7 Å². The lowest BCUT2D eigenvalue weighted by Gasteiger charge is -2.31. The first kappa shape index (κ1) is 27.2. The molecule has 0 aromatic heterocycles. The number of hydrogen-bond donors (Lipinski definition) is 1. The largest absolute Gasteiger partial charge is 0.496 e. The molecule has 1 unspecified atom stereocenters. The summed E-state index contributed by atoms with van der Waals surface area (Å²) >= 11 is 12.8.